The van der Waals surface area contributed by atoms with Gasteiger partial charge in [-0.05, 0) is 49.9 Å². The predicted molar refractivity (Wildman–Crippen MR) is 182 cm³/mol. The van der Waals surface area contributed by atoms with Crippen LogP contribution in [0.2, 0.25) is 0 Å². The van der Waals surface area contributed by atoms with Gasteiger partial charge in [-0.15, -0.1) is 0 Å². The number of nitrogens with zero attached hydrogens (tertiary/aromatic N) is 2. The van der Waals surface area contributed by atoms with Gasteiger partial charge in [0.2, 0.25) is 23.4 Å². The van der Waals surface area contributed by atoms with Gasteiger partial charge in [-0.25, -0.2) is 0 Å². The lowest BCUT2D eigenvalue weighted by molar-refractivity contribution is -0.123. The molecule has 2 aromatic carbocycles. The normalized spacial score (nSPS) is 13.0. The number of carbonyl (C=O) groups excluding carboxylic acids is 4. The number of anilines is 2. The van der Waals surface area contributed by atoms with E-state index in [2.05, 4.69) is 31.3 Å². The van der Waals surface area contributed by atoms with Crippen molar-refractivity contribution in [2.75, 3.05) is 49.9 Å². The Morgan fingerprint density at radius 2 is 1.00 bits per heavy atom. The Kier molecular flexibility index (Phi) is 13.3. The molecule has 260 valence electrons. The number of carbonyl (C=O) groups is 4. The number of benzene rings is 2. The van der Waals surface area contributed by atoms with Crippen molar-refractivity contribution in [3.8, 4) is 11.5 Å². The third-order valence-electron chi connectivity index (χ3n) is 7.36. The van der Waals surface area contributed by atoms with Crippen LogP contribution in [0.1, 0.15) is 57.5 Å². The van der Waals surface area contributed by atoms with Gasteiger partial charge in [-0.1, -0.05) is 0 Å². The van der Waals surface area contributed by atoms with Gasteiger partial charge in [-0.3, -0.25) is 29.2 Å². The van der Waals surface area contributed by atoms with E-state index in [1.165, 1.54) is 24.3 Å². The fourth-order valence-corrected chi connectivity index (χ4v) is 4.99. The van der Waals surface area contributed by atoms with Crippen molar-refractivity contribution in [1.82, 2.24) is 10.6 Å². The number of aliphatic imine (C=N–C) groups is 2. The molecule has 1 aliphatic carbocycles. The first-order valence-corrected chi connectivity index (χ1v) is 15.3. The second-order valence-corrected chi connectivity index (χ2v) is 11.0. The summed E-state index contributed by atoms with van der Waals surface area (Å²) in [6.45, 7) is 1.25. The fraction of sp³-hybridized carbons (Fsp3) is 0.400. The van der Waals surface area contributed by atoms with Crippen molar-refractivity contribution in [1.29, 1.82) is 0 Å². The van der Waals surface area contributed by atoms with E-state index in [9.17, 15) is 29.4 Å². The molecule has 0 fully saturated rings. The number of nitrogens with one attached hydrogen (secondary N) is 4. The van der Waals surface area contributed by atoms with E-state index in [1.807, 2.05) is 0 Å². The maximum absolute atomic E-state index is 13.7. The van der Waals surface area contributed by atoms with Crippen LogP contribution in [0.4, 0.5) is 11.4 Å². The minimum atomic E-state index is -0.774. The SMILES string of the molecule is NC(N)=NCCCC(N)C(=O)NCCNc1ccc(O)c2c1C(=O)c1c(O)ccc(NCCNC(=O)C(N)CCCN=C(N)N)c1C2=O. The monoisotopic (exact) mass is 668 g/mol. The summed E-state index contributed by atoms with van der Waals surface area (Å²) in [7, 11) is 0. The van der Waals surface area contributed by atoms with Crippen molar-refractivity contribution < 1.29 is 29.4 Å². The molecule has 1 aliphatic rings. The molecule has 0 aliphatic heterocycles. The largest absolute Gasteiger partial charge is 0.507 e. The Morgan fingerprint density at radius 3 is 1.35 bits per heavy atom. The molecule has 3 rings (SSSR count). The first-order chi connectivity index (χ1) is 22.8. The minimum absolute atomic E-state index is 0.0416. The Labute approximate surface area is 276 Å². The van der Waals surface area contributed by atoms with Crippen molar-refractivity contribution in [3.05, 3.63) is 46.5 Å². The second-order valence-electron chi connectivity index (χ2n) is 11.0. The molecule has 18 heteroatoms. The second kappa shape index (κ2) is 17.3. The third-order valence-corrected chi connectivity index (χ3v) is 7.36. The van der Waals surface area contributed by atoms with Gasteiger partial charge in [0, 0.05) is 50.6 Å². The summed E-state index contributed by atoms with van der Waals surface area (Å²) in [5, 5.41) is 32.7. The molecule has 0 spiro atoms. The van der Waals surface area contributed by atoms with Gasteiger partial charge in [0.15, 0.2) is 11.9 Å². The van der Waals surface area contributed by atoms with Crippen LogP contribution in [0.3, 0.4) is 0 Å². The van der Waals surface area contributed by atoms with Crippen LogP contribution < -0.4 is 55.7 Å². The summed E-state index contributed by atoms with van der Waals surface area (Å²) in [6, 6.07) is 3.85. The average molecular weight is 669 g/mol. The summed E-state index contributed by atoms with van der Waals surface area (Å²) >= 11 is 0. The number of hydrogen-bond acceptors (Lipinski definition) is 12. The molecular formula is C30H44N12O6. The van der Waals surface area contributed by atoms with E-state index < -0.39 is 35.1 Å². The fourth-order valence-electron chi connectivity index (χ4n) is 4.99. The van der Waals surface area contributed by atoms with Gasteiger partial charge in [0.1, 0.15) is 11.5 Å². The summed E-state index contributed by atoms with van der Waals surface area (Å²) in [5.41, 5.74) is 32.7. The molecule has 0 aromatic heterocycles. The number of ketones is 2. The number of nitrogens with two attached hydrogens (primary N) is 6. The van der Waals surface area contributed by atoms with Crippen molar-refractivity contribution in [2.45, 2.75) is 37.8 Å². The van der Waals surface area contributed by atoms with Gasteiger partial charge in [0.05, 0.1) is 34.3 Å². The summed E-state index contributed by atoms with van der Waals surface area (Å²) in [6.07, 6.45) is 1.76. The van der Waals surface area contributed by atoms with Crippen LogP contribution in [-0.2, 0) is 9.59 Å². The lowest BCUT2D eigenvalue weighted by Gasteiger charge is -2.24. The van der Waals surface area contributed by atoms with Crippen LogP contribution in [0.15, 0.2) is 34.3 Å². The number of phenolic OH excluding ortho intramolecular Hbond substituents is 2. The van der Waals surface area contributed by atoms with E-state index in [-0.39, 0.29) is 83.5 Å². The van der Waals surface area contributed by atoms with Crippen LogP contribution in [0.5, 0.6) is 11.5 Å². The van der Waals surface area contributed by atoms with Crippen molar-refractivity contribution in [2.24, 2.45) is 44.4 Å². The lowest BCUT2D eigenvalue weighted by Crippen LogP contribution is -2.42. The highest BCUT2D eigenvalue weighted by atomic mass is 16.3. The smallest absolute Gasteiger partial charge is 0.236 e. The van der Waals surface area contributed by atoms with E-state index in [4.69, 9.17) is 34.4 Å². The zero-order valence-corrected chi connectivity index (χ0v) is 26.4. The van der Waals surface area contributed by atoms with Gasteiger partial charge in [-0.2, -0.15) is 0 Å². The zero-order chi connectivity index (χ0) is 35.4. The predicted octanol–water partition coefficient (Wildman–Crippen LogP) is -2.31. The Balaban J connectivity index is 1.63. The zero-order valence-electron chi connectivity index (χ0n) is 26.4. The molecule has 2 amide bonds. The third kappa shape index (κ3) is 9.69. The Hall–Kier alpha value is -5.62. The summed E-state index contributed by atoms with van der Waals surface area (Å²) in [4.78, 5) is 59.8. The molecular weight excluding hydrogens is 624 g/mol. The Morgan fingerprint density at radius 1 is 0.625 bits per heavy atom. The van der Waals surface area contributed by atoms with Crippen molar-refractivity contribution in [3.63, 3.8) is 0 Å². The number of phenols is 2. The molecule has 2 atom stereocenters. The highest BCUT2D eigenvalue weighted by molar-refractivity contribution is 6.33. The molecule has 0 saturated carbocycles. The molecule has 0 bridgehead atoms. The highest BCUT2D eigenvalue weighted by Gasteiger charge is 2.38. The van der Waals surface area contributed by atoms with E-state index in [0.717, 1.165) is 0 Å². The molecule has 2 aromatic rings. The molecule has 0 saturated heterocycles. The topological polar surface area (TPSA) is 338 Å². The number of rotatable bonds is 18. The number of amides is 2. The maximum atomic E-state index is 13.7. The first-order valence-electron chi connectivity index (χ1n) is 15.3. The molecule has 18 N–H and O–H groups in total. The van der Waals surface area contributed by atoms with Crippen LogP contribution in [0, 0.1) is 0 Å². The molecule has 18 nitrogen and oxygen atoms in total. The van der Waals surface area contributed by atoms with Crippen LogP contribution in [0.25, 0.3) is 0 Å². The first kappa shape index (κ1) is 36.8. The van der Waals surface area contributed by atoms with E-state index >= 15 is 0 Å². The number of hydrogen-bond donors (Lipinski definition) is 12. The van der Waals surface area contributed by atoms with Crippen LogP contribution >= 0.6 is 0 Å². The minimum Gasteiger partial charge on any atom is -0.507 e. The van der Waals surface area contributed by atoms with E-state index in [1.54, 1.807) is 0 Å². The highest BCUT2D eigenvalue weighted by Crippen LogP contribution is 2.42. The summed E-state index contributed by atoms with van der Waals surface area (Å²) < 4.78 is 0. The quantitative estimate of drug-likeness (QED) is 0.0293. The standard InChI is InChI=1S/C30H44N12O6/c31-15(3-1-9-41-29(33)34)27(47)39-13-11-37-17-5-7-19(43)23-21(17)25(45)24-20(44)8-6-18(22(24)26(23)46)38-12-14-40-28(48)16(32)4-2-10-42-30(35)36/h5-8,15-16,37-38,43-44H,1-4,9-14,31-32H2,(H,39,47)(H,40,48)(H4,33,34,41)(H4,35,36,42). The number of aromatic hydroxyl groups is 2. The van der Waals surface area contributed by atoms with Crippen LogP contribution in [-0.4, -0.2) is 96.9 Å². The number of guanidine groups is 2. The molecule has 0 radical (unpaired) electrons. The molecule has 48 heavy (non-hydrogen) atoms. The van der Waals surface area contributed by atoms with Gasteiger partial charge < -0.3 is 65.9 Å². The molecule has 0 heterocycles. The maximum Gasteiger partial charge on any atom is 0.236 e. The average Bonchev–Trinajstić information content (AvgIpc) is 3.04. The molecule has 2 unspecified atom stereocenters. The number of fused-ring (bicyclic) bond motifs is 2. The van der Waals surface area contributed by atoms with Crippen molar-refractivity contribution >= 4 is 46.7 Å². The summed E-state index contributed by atoms with van der Waals surface area (Å²) in [5.74, 6) is -3.08. The Bertz CT molecular complexity index is 1450. The lowest BCUT2D eigenvalue weighted by atomic mass is 9.81. The van der Waals surface area contributed by atoms with E-state index in [0.29, 0.717) is 38.8 Å². The van der Waals surface area contributed by atoms with Gasteiger partial charge >= 0.3 is 0 Å². The van der Waals surface area contributed by atoms with Gasteiger partial charge in [0.25, 0.3) is 0 Å².